The Balaban J connectivity index is 2.84. The molecule has 0 radical (unpaired) electrons. The highest BCUT2D eigenvalue weighted by Crippen LogP contribution is 2.23. The number of hydrogen-bond acceptors (Lipinski definition) is 4. The molecule has 0 saturated heterocycles. The van der Waals surface area contributed by atoms with Crippen LogP contribution in [0.1, 0.15) is 38.7 Å². The summed E-state index contributed by atoms with van der Waals surface area (Å²) < 4.78 is 5.25. The first kappa shape index (κ1) is 16.4. The summed E-state index contributed by atoms with van der Waals surface area (Å²) in [6.07, 6.45) is 0.399. The number of nitrogens with one attached hydrogen (secondary N) is 2. The normalized spacial score (nSPS) is 13.8. The average molecular weight is 276 g/mol. The lowest BCUT2D eigenvalue weighted by Crippen LogP contribution is -2.38. The maximum atomic E-state index is 12.0. The minimum Gasteiger partial charge on any atom is -0.462 e. The van der Waals surface area contributed by atoms with E-state index in [9.17, 15) is 4.79 Å². The van der Waals surface area contributed by atoms with Crippen LogP contribution < -0.4 is 5.32 Å². The Hall–Kier alpha value is -1.68. The number of carbonyl (C=O) groups excluding carboxylic acids is 1. The van der Waals surface area contributed by atoms with Crippen LogP contribution in [0.3, 0.4) is 0 Å². The van der Waals surface area contributed by atoms with E-state index in [-0.39, 0.29) is 18.0 Å². The molecule has 4 heteroatoms. The van der Waals surface area contributed by atoms with Crippen molar-refractivity contribution in [1.82, 2.24) is 5.32 Å². The zero-order valence-corrected chi connectivity index (χ0v) is 12.6. The summed E-state index contributed by atoms with van der Waals surface area (Å²) in [5, 5.41) is 11.0. The predicted octanol–water partition coefficient (Wildman–Crippen LogP) is 2.74. The lowest BCUT2D eigenvalue weighted by molar-refractivity contribution is -0.150. The van der Waals surface area contributed by atoms with Gasteiger partial charge < -0.3 is 15.5 Å². The molecule has 1 rings (SSSR count). The van der Waals surface area contributed by atoms with Crippen LogP contribution in [0.15, 0.2) is 30.3 Å². The largest absolute Gasteiger partial charge is 0.462 e. The number of esters is 1. The van der Waals surface area contributed by atoms with Gasteiger partial charge in [0.05, 0.1) is 6.10 Å². The van der Waals surface area contributed by atoms with Gasteiger partial charge in [0.2, 0.25) is 0 Å². The summed E-state index contributed by atoms with van der Waals surface area (Å²) >= 11 is 0. The van der Waals surface area contributed by atoms with E-state index in [1.807, 2.05) is 44.2 Å². The molecule has 0 amide bonds. The minimum absolute atomic E-state index is 0.0756. The smallest absolute Gasteiger partial charge is 0.323 e. The molecule has 4 nitrogen and oxygen atoms in total. The van der Waals surface area contributed by atoms with Crippen LogP contribution in [0.25, 0.3) is 0 Å². The van der Waals surface area contributed by atoms with Crippen molar-refractivity contribution in [3.8, 4) is 0 Å². The highest BCUT2D eigenvalue weighted by atomic mass is 16.5. The van der Waals surface area contributed by atoms with Crippen molar-refractivity contribution < 1.29 is 9.53 Å². The van der Waals surface area contributed by atoms with E-state index in [1.165, 1.54) is 0 Å². The Kier molecular flexibility index (Phi) is 6.39. The summed E-state index contributed by atoms with van der Waals surface area (Å²) in [5.74, 6) is -0.335. The molecule has 1 aromatic rings. The van der Waals surface area contributed by atoms with Crippen molar-refractivity contribution >= 4 is 11.7 Å². The highest BCUT2D eigenvalue weighted by molar-refractivity contribution is 5.87. The van der Waals surface area contributed by atoms with Gasteiger partial charge in [-0.3, -0.25) is 4.79 Å². The molecule has 110 valence electrons. The van der Waals surface area contributed by atoms with E-state index in [0.717, 1.165) is 5.56 Å². The van der Waals surface area contributed by atoms with Gasteiger partial charge in [-0.25, -0.2) is 0 Å². The fourth-order valence-corrected chi connectivity index (χ4v) is 2.13. The summed E-state index contributed by atoms with van der Waals surface area (Å²) in [7, 11) is 1.74. The zero-order valence-electron chi connectivity index (χ0n) is 12.6. The van der Waals surface area contributed by atoms with Crippen molar-refractivity contribution in [2.24, 2.45) is 0 Å². The molecule has 0 aliphatic carbocycles. The first-order valence-corrected chi connectivity index (χ1v) is 6.93. The van der Waals surface area contributed by atoms with Gasteiger partial charge in [0.15, 0.2) is 0 Å². The maximum Gasteiger partial charge on any atom is 0.323 e. The molecular weight excluding hydrogens is 252 g/mol. The molecule has 20 heavy (non-hydrogen) atoms. The molecule has 0 aromatic heterocycles. The molecule has 0 bridgehead atoms. The van der Waals surface area contributed by atoms with Crippen molar-refractivity contribution in [2.45, 2.75) is 45.3 Å². The number of rotatable bonds is 7. The van der Waals surface area contributed by atoms with E-state index in [0.29, 0.717) is 12.1 Å². The Labute approximate surface area is 121 Å². The third kappa shape index (κ3) is 4.78. The zero-order chi connectivity index (χ0) is 15.1. The van der Waals surface area contributed by atoms with Crippen LogP contribution in [0.4, 0.5) is 0 Å². The Morgan fingerprint density at radius 3 is 2.35 bits per heavy atom. The molecule has 2 atom stereocenters. The molecule has 0 fully saturated rings. The molecule has 0 aliphatic heterocycles. The number of ether oxygens (including phenoxy) is 1. The van der Waals surface area contributed by atoms with E-state index >= 15 is 0 Å². The van der Waals surface area contributed by atoms with Gasteiger partial charge in [0.25, 0.3) is 0 Å². The third-order valence-electron chi connectivity index (χ3n) is 3.18. The lowest BCUT2D eigenvalue weighted by atomic mass is 9.88. The van der Waals surface area contributed by atoms with E-state index < -0.39 is 6.04 Å². The SMILES string of the molecule is CNC(CC(C(C)=N)c1ccccc1)C(=O)OC(C)C. The van der Waals surface area contributed by atoms with Crippen molar-refractivity contribution in [3.63, 3.8) is 0 Å². The van der Waals surface area contributed by atoms with Gasteiger partial charge >= 0.3 is 5.97 Å². The minimum atomic E-state index is -0.400. The van der Waals surface area contributed by atoms with E-state index in [2.05, 4.69) is 5.32 Å². The van der Waals surface area contributed by atoms with Crippen molar-refractivity contribution in [1.29, 1.82) is 5.41 Å². The van der Waals surface area contributed by atoms with Crippen LogP contribution in [0.5, 0.6) is 0 Å². The molecule has 2 N–H and O–H groups in total. The number of hydrogen-bond donors (Lipinski definition) is 2. The third-order valence-corrected chi connectivity index (χ3v) is 3.18. The molecule has 0 aliphatic rings. The van der Waals surface area contributed by atoms with E-state index in [1.54, 1.807) is 14.0 Å². The highest BCUT2D eigenvalue weighted by Gasteiger charge is 2.25. The summed E-state index contributed by atoms with van der Waals surface area (Å²) in [6, 6.07) is 9.43. The van der Waals surface area contributed by atoms with Gasteiger partial charge in [-0.1, -0.05) is 30.3 Å². The van der Waals surface area contributed by atoms with Crippen molar-refractivity contribution in [3.05, 3.63) is 35.9 Å². The molecule has 0 spiro atoms. The first-order chi connectivity index (χ1) is 9.45. The standard InChI is InChI=1S/C16H24N2O2/c1-11(2)20-16(19)15(18-4)10-14(12(3)17)13-8-6-5-7-9-13/h5-9,11,14-15,17-18H,10H2,1-4H3. The second kappa shape index (κ2) is 7.80. The second-order valence-corrected chi connectivity index (χ2v) is 5.21. The lowest BCUT2D eigenvalue weighted by Gasteiger charge is -2.23. The van der Waals surface area contributed by atoms with Crippen LogP contribution in [0.2, 0.25) is 0 Å². The van der Waals surface area contributed by atoms with Crippen LogP contribution >= 0.6 is 0 Å². The molecule has 0 heterocycles. The molecular formula is C16H24N2O2. The van der Waals surface area contributed by atoms with E-state index in [4.69, 9.17) is 10.1 Å². The number of likely N-dealkylation sites (N-methyl/N-ethyl adjacent to an activating group) is 1. The first-order valence-electron chi connectivity index (χ1n) is 6.93. The number of benzene rings is 1. The van der Waals surface area contributed by atoms with Gasteiger partial charge in [0.1, 0.15) is 6.04 Å². The predicted molar refractivity (Wildman–Crippen MR) is 81.3 cm³/mol. The van der Waals surface area contributed by atoms with Crippen LogP contribution in [-0.2, 0) is 9.53 Å². The van der Waals surface area contributed by atoms with Crippen molar-refractivity contribution in [2.75, 3.05) is 7.05 Å². The average Bonchev–Trinajstić information content (AvgIpc) is 2.39. The fourth-order valence-electron chi connectivity index (χ4n) is 2.13. The van der Waals surface area contributed by atoms with Gasteiger partial charge in [-0.05, 0) is 39.8 Å². The monoisotopic (exact) mass is 276 g/mol. The van der Waals surface area contributed by atoms with Gasteiger partial charge in [0, 0.05) is 11.6 Å². The number of carbonyl (C=O) groups is 1. The maximum absolute atomic E-state index is 12.0. The van der Waals surface area contributed by atoms with Crippen LogP contribution in [-0.4, -0.2) is 30.9 Å². The summed E-state index contributed by atoms with van der Waals surface area (Å²) in [5.41, 5.74) is 1.60. The molecule has 2 unspecified atom stereocenters. The van der Waals surface area contributed by atoms with Crippen LogP contribution in [0, 0.1) is 5.41 Å². The Bertz CT molecular complexity index is 443. The summed E-state index contributed by atoms with van der Waals surface area (Å²) in [4.78, 5) is 12.0. The fraction of sp³-hybridized carbons (Fsp3) is 0.500. The topological polar surface area (TPSA) is 62.2 Å². The second-order valence-electron chi connectivity index (χ2n) is 5.21. The quantitative estimate of drug-likeness (QED) is 0.594. The summed E-state index contributed by atoms with van der Waals surface area (Å²) in [6.45, 7) is 5.44. The Morgan fingerprint density at radius 1 is 1.30 bits per heavy atom. The van der Waals surface area contributed by atoms with Gasteiger partial charge in [-0.15, -0.1) is 0 Å². The van der Waals surface area contributed by atoms with Gasteiger partial charge in [-0.2, -0.15) is 0 Å². The molecule has 1 aromatic carbocycles. The molecule has 0 saturated carbocycles. The Morgan fingerprint density at radius 2 is 1.90 bits per heavy atom.